The maximum Gasteiger partial charge on any atom is 0.294 e. The van der Waals surface area contributed by atoms with Gasteiger partial charge in [0.2, 0.25) is 0 Å². The summed E-state index contributed by atoms with van der Waals surface area (Å²) in [7, 11) is -5.10. The quantitative estimate of drug-likeness (QED) is 0.336. The minimum absolute atomic E-state index is 1.18. The van der Waals surface area contributed by atoms with Gasteiger partial charge < -0.3 is 0 Å². The van der Waals surface area contributed by atoms with E-state index in [0.717, 1.165) is 0 Å². The molecule has 13 heteroatoms. The third kappa shape index (κ3) is 5.72. The summed E-state index contributed by atoms with van der Waals surface area (Å²) in [6.45, 7) is 0. The predicted molar refractivity (Wildman–Crippen MR) is 69.3 cm³/mol. The van der Waals surface area contributed by atoms with Crippen LogP contribution in [-0.2, 0) is 13.7 Å². The van der Waals surface area contributed by atoms with Crippen LogP contribution in [0.4, 0.5) is 0 Å². The van der Waals surface area contributed by atoms with Crippen molar-refractivity contribution < 1.29 is 13.7 Å². The summed E-state index contributed by atoms with van der Waals surface area (Å²) in [5.74, 6) is 0. The fourth-order valence-electron chi connectivity index (χ4n) is 0.673. The van der Waals surface area contributed by atoms with E-state index in [9.17, 15) is 13.7 Å². The van der Waals surface area contributed by atoms with Crippen LogP contribution >= 0.6 is 22.8 Å². The maximum atomic E-state index is 12.2. The smallest absolute Gasteiger partial charge is 0.271 e. The summed E-state index contributed by atoms with van der Waals surface area (Å²) < 4.78 is 36.8. The molecule has 10 nitrogen and oxygen atoms in total. The van der Waals surface area contributed by atoms with Gasteiger partial charge in [0, 0.05) is 0 Å². The van der Waals surface area contributed by atoms with Crippen LogP contribution < -0.4 is 30.9 Å². The summed E-state index contributed by atoms with van der Waals surface area (Å²) in [6.07, 6.45) is 0. The molecule has 17 heavy (non-hydrogen) atoms. The van der Waals surface area contributed by atoms with Crippen molar-refractivity contribution in [1.29, 1.82) is 0 Å². The Morgan fingerprint density at radius 3 is 1.71 bits per heavy atom. The van der Waals surface area contributed by atoms with E-state index in [4.69, 9.17) is 11.0 Å². The lowest BCUT2D eigenvalue weighted by atomic mass is 11.3. The molecule has 0 aromatic rings. The minimum atomic E-state index is -3.64. The van der Waals surface area contributed by atoms with Crippen LogP contribution in [-0.4, -0.2) is 32.9 Å². The van der Waals surface area contributed by atoms with Crippen LogP contribution in [0.2, 0.25) is 0 Å². The van der Waals surface area contributed by atoms with Crippen molar-refractivity contribution in [3.05, 3.63) is 0 Å². The molecule has 0 aromatic carbocycles. The number of nitrogens with two attached hydrogens (primary N) is 2. The topological polar surface area (TPSA) is 155 Å². The molecule has 0 amide bonds. The molecule has 0 bridgehead atoms. The highest BCUT2D eigenvalue weighted by molar-refractivity contribution is 7.79. The molecule has 8 N–H and O–H groups in total. The normalized spacial score (nSPS) is 22.8. The molecular formula is C4H20N7O3P3. The van der Waals surface area contributed by atoms with E-state index in [0.29, 0.717) is 0 Å². The number of hydrogen-bond donors (Lipinski definition) is 6. The molecule has 0 aromatic heterocycles. The Hall–Kier alpha value is 0.410. The van der Waals surface area contributed by atoms with Gasteiger partial charge in [0.05, 0.1) is 0 Å². The van der Waals surface area contributed by atoms with E-state index in [1.54, 1.807) is 0 Å². The van der Waals surface area contributed by atoms with Gasteiger partial charge in [0.15, 0.2) is 0 Å². The zero-order chi connectivity index (χ0) is 13.9. The van der Waals surface area contributed by atoms with E-state index in [1.165, 1.54) is 32.9 Å². The third-order valence-corrected chi connectivity index (χ3v) is 8.89. The lowest BCUT2D eigenvalue weighted by Crippen LogP contribution is -2.36. The monoisotopic (exact) mass is 307 g/mol. The Balaban J connectivity index is 5.02. The van der Waals surface area contributed by atoms with E-state index < -0.39 is 22.8 Å². The van der Waals surface area contributed by atoms with Crippen molar-refractivity contribution >= 4 is 22.8 Å². The summed E-state index contributed by atoms with van der Waals surface area (Å²) in [6, 6.07) is 0. The standard InChI is InChI=1S/C4H20N7O3P3/c1-7-15(5,12)9-17(14,8-2)10-16(6,13)11(3)4/h1-4H3,(H8,5,6,7,8,9,10,12,13,14). The van der Waals surface area contributed by atoms with Gasteiger partial charge in [0.25, 0.3) is 22.8 Å². The zero-order valence-corrected chi connectivity index (χ0v) is 12.9. The van der Waals surface area contributed by atoms with E-state index in [1.807, 2.05) is 0 Å². The van der Waals surface area contributed by atoms with Crippen LogP contribution in [0.15, 0.2) is 0 Å². The lowest BCUT2D eigenvalue weighted by molar-refractivity contribution is 0.506. The zero-order valence-electron chi connectivity index (χ0n) is 10.2. The van der Waals surface area contributed by atoms with E-state index >= 15 is 0 Å². The molecule has 0 saturated carbocycles. The highest BCUT2D eigenvalue weighted by Crippen LogP contribution is 2.50. The second-order valence-corrected chi connectivity index (χ2v) is 10.5. The summed E-state index contributed by atoms with van der Waals surface area (Å²) >= 11 is 0. The van der Waals surface area contributed by atoms with Crippen molar-refractivity contribution in [3.63, 3.8) is 0 Å². The predicted octanol–water partition coefficient (Wildman–Crippen LogP) is -0.592. The minimum Gasteiger partial charge on any atom is -0.271 e. The SMILES string of the molecule is CNP(N)(=O)NP(=O)(NC)NP(N)(=O)N(C)C. The van der Waals surface area contributed by atoms with Crippen LogP contribution in [0.5, 0.6) is 0 Å². The summed E-state index contributed by atoms with van der Waals surface area (Å²) in [5, 5.41) is 4.61. The Bertz CT molecular complexity index is 398. The van der Waals surface area contributed by atoms with Crippen LogP contribution in [0.3, 0.4) is 0 Å². The van der Waals surface area contributed by atoms with Crippen molar-refractivity contribution in [2.75, 3.05) is 28.2 Å². The van der Waals surface area contributed by atoms with Crippen LogP contribution in [0, 0.1) is 0 Å². The first-order valence-corrected chi connectivity index (χ1v) is 9.71. The molecule has 104 valence electrons. The largest absolute Gasteiger partial charge is 0.294 e. The number of nitrogens with zero attached hydrogens (tertiary/aromatic N) is 1. The van der Waals surface area contributed by atoms with Gasteiger partial charge in [-0.15, -0.1) is 0 Å². The summed E-state index contributed by atoms with van der Waals surface area (Å²) in [5.41, 5.74) is 10.8. The van der Waals surface area contributed by atoms with E-state index in [2.05, 4.69) is 19.9 Å². The second kappa shape index (κ2) is 6.04. The molecule has 0 aliphatic rings. The van der Waals surface area contributed by atoms with Gasteiger partial charge in [-0.05, 0) is 28.2 Å². The molecular weight excluding hydrogens is 287 g/mol. The Morgan fingerprint density at radius 1 is 0.941 bits per heavy atom. The van der Waals surface area contributed by atoms with Gasteiger partial charge in [-0.3, -0.25) is 24.7 Å². The van der Waals surface area contributed by atoms with Crippen molar-refractivity contribution in [1.82, 2.24) is 24.6 Å². The van der Waals surface area contributed by atoms with Gasteiger partial charge in [-0.25, -0.2) is 14.8 Å². The number of nitrogens with one attached hydrogen (secondary N) is 4. The first-order chi connectivity index (χ1) is 7.48. The van der Waals surface area contributed by atoms with E-state index in [-0.39, 0.29) is 0 Å². The highest BCUT2D eigenvalue weighted by atomic mass is 31.3. The molecule has 0 rings (SSSR count). The van der Waals surface area contributed by atoms with Gasteiger partial charge in [-0.1, -0.05) is 0 Å². The van der Waals surface area contributed by atoms with Gasteiger partial charge in [0.1, 0.15) is 0 Å². The number of hydrogen-bond acceptors (Lipinski definition) is 3. The molecule has 0 radical (unpaired) electrons. The van der Waals surface area contributed by atoms with Crippen LogP contribution in [0.1, 0.15) is 0 Å². The van der Waals surface area contributed by atoms with Gasteiger partial charge in [-0.2, -0.15) is 9.72 Å². The number of rotatable bonds is 7. The first kappa shape index (κ1) is 17.4. The molecule has 0 spiro atoms. The molecule has 0 saturated heterocycles. The van der Waals surface area contributed by atoms with Crippen LogP contribution in [0.25, 0.3) is 0 Å². The molecule has 0 fully saturated rings. The van der Waals surface area contributed by atoms with Crippen molar-refractivity contribution in [3.8, 4) is 0 Å². The van der Waals surface area contributed by atoms with Gasteiger partial charge >= 0.3 is 0 Å². The summed E-state index contributed by atoms with van der Waals surface area (Å²) in [4.78, 5) is 4.37. The molecule has 0 heterocycles. The second-order valence-electron chi connectivity index (χ2n) is 3.38. The fourth-order valence-corrected chi connectivity index (χ4v) is 6.46. The Morgan fingerprint density at radius 2 is 1.41 bits per heavy atom. The lowest BCUT2D eigenvalue weighted by Gasteiger charge is -2.28. The molecule has 3 atom stereocenters. The molecule has 3 unspecified atom stereocenters. The highest BCUT2D eigenvalue weighted by Gasteiger charge is 2.35. The Kier molecular flexibility index (Phi) is 6.18. The maximum absolute atomic E-state index is 12.2. The molecule has 0 aliphatic heterocycles. The van der Waals surface area contributed by atoms with Crippen molar-refractivity contribution in [2.24, 2.45) is 11.0 Å². The Labute approximate surface area is 101 Å². The van der Waals surface area contributed by atoms with Crippen molar-refractivity contribution in [2.45, 2.75) is 0 Å². The average molecular weight is 307 g/mol. The fraction of sp³-hybridized carbons (Fsp3) is 1.00. The third-order valence-electron chi connectivity index (χ3n) is 1.81. The molecule has 0 aliphatic carbocycles. The average Bonchev–Trinajstić information content (AvgIpc) is 2.16. The first-order valence-electron chi connectivity index (χ1n) is 4.50.